The van der Waals surface area contributed by atoms with Gasteiger partial charge in [0.05, 0.1) is 30.9 Å². The van der Waals surface area contributed by atoms with E-state index in [1.54, 1.807) is 26.4 Å². The molecule has 3 aromatic rings. The molecule has 1 fully saturated rings. The number of alkyl carbamates (subject to hydrolysis) is 1. The molecular formula is C30H35NO7. The third kappa shape index (κ3) is 5.61. The highest BCUT2D eigenvalue weighted by atomic mass is 16.8. The fourth-order valence-electron chi connectivity index (χ4n) is 4.69. The molecule has 1 N–H and O–H groups in total. The third-order valence-electron chi connectivity index (χ3n) is 6.49. The molecule has 3 aromatic carbocycles. The Morgan fingerprint density at radius 3 is 2.42 bits per heavy atom. The van der Waals surface area contributed by atoms with Crippen molar-refractivity contribution >= 4 is 23.2 Å². The lowest BCUT2D eigenvalue weighted by Gasteiger charge is -2.27. The predicted octanol–water partition coefficient (Wildman–Crippen LogP) is 5.54. The standard InChI is InChI=1S/C30H35NO7/c1-7-36-27-20(17-32)14-15-24(34-5)26(27)23-13-9-11-21-19(10-8-12-22(21)23)16-25(30(35-6)18-37-30)31-28(33)38-29(2,3)4/h8-15,17,25H,7,16,18H2,1-6H3,(H,31,33)/t25-,30?/m0/s1. The zero-order valence-electron chi connectivity index (χ0n) is 22.8. The summed E-state index contributed by atoms with van der Waals surface area (Å²) in [5.41, 5.74) is 2.38. The number of hydrogen-bond donors (Lipinski definition) is 1. The van der Waals surface area contributed by atoms with E-state index in [9.17, 15) is 9.59 Å². The van der Waals surface area contributed by atoms with Crippen molar-refractivity contribution in [2.24, 2.45) is 0 Å². The number of carbonyl (C=O) groups is 2. The van der Waals surface area contributed by atoms with Gasteiger partial charge in [0.25, 0.3) is 0 Å². The van der Waals surface area contributed by atoms with E-state index in [4.69, 9.17) is 23.7 Å². The van der Waals surface area contributed by atoms with E-state index >= 15 is 0 Å². The molecule has 0 saturated carbocycles. The zero-order chi connectivity index (χ0) is 27.5. The van der Waals surface area contributed by atoms with Crippen LogP contribution < -0.4 is 14.8 Å². The molecule has 8 nitrogen and oxygen atoms in total. The monoisotopic (exact) mass is 521 g/mol. The molecule has 1 aliphatic rings. The molecule has 0 aromatic heterocycles. The van der Waals surface area contributed by atoms with E-state index in [1.807, 2.05) is 64.1 Å². The predicted molar refractivity (Wildman–Crippen MR) is 145 cm³/mol. The highest BCUT2D eigenvalue weighted by molar-refractivity contribution is 6.02. The number of nitrogens with one attached hydrogen (secondary N) is 1. The van der Waals surface area contributed by atoms with Gasteiger partial charge in [-0.05, 0) is 68.1 Å². The van der Waals surface area contributed by atoms with Gasteiger partial charge in [-0.2, -0.15) is 0 Å². The number of benzene rings is 3. The molecule has 1 unspecified atom stereocenters. The van der Waals surface area contributed by atoms with Gasteiger partial charge in [0.1, 0.15) is 23.7 Å². The summed E-state index contributed by atoms with van der Waals surface area (Å²) in [6.07, 6.45) is 0.696. The van der Waals surface area contributed by atoms with Crippen LogP contribution in [0, 0.1) is 0 Å². The number of ether oxygens (including phenoxy) is 5. The van der Waals surface area contributed by atoms with Crippen molar-refractivity contribution in [1.82, 2.24) is 5.32 Å². The Kier molecular flexibility index (Phi) is 7.94. The second-order valence-corrected chi connectivity index (χ2v) is 10.1. The molecule has 38 heavy (non-hydrogen) atoms. The van der Waals surface area contributed by atoms with Gasteiger partial charge in [-0.15, -0.1) is 0 Å². The van der Waals surface area contributed by atoms with Crippen LogP contribution >= 0.6 is 0 Å². The summed E-state index contributed by atoms with van der Waals surface area (Å²) in [7, 11) is 3.16. The summed E-state index contributed by atoms with van der Waals surface area (Å²) in [6, 6.07) is 15.0. The first-order valence-electron chi connectivity index (χ1n) is 12.6. The smallest absolute Gasteiger partial charge is 0.408 e. The average molecular weight is 522 g/mol. The van der Waals surface area contributed by atoms with Crippen molar-refractivity contribution in [2.75, 3.05) is 27.4 Å². The number of amides is 1. The number of hydrogen-bond acceptors (Lipinski definition) is 7. The van der Waals surface area contributed by atoms with Crippen LogP contribution in [0.25, 0.3) is 21.9 Å². The van der Waals surface area contributed by atoms with Gasteiger partial charge >= 0.3 is 6.09 Å². The minimum absolute atomic E-state index is 0.368. The zero-order valence-corrected chi connectivity index (χ0v) is 22.8. The van der Waals surface area contributed by atoms with Crippen LogP contribution in [0.15, 0.2) is 48.5 Å². The molecular weight excluding hydrogens is 486 g/mol. The Morgan fingerprint density at radius 2 is 1.82 bits per heavy atom. The molecule has 1 amide bonds. The van der Waals surface area contributed by atoms with E-state index in [2.05, 4.69) is 5.32 Å². The summed E-state index contributed by atoms with van der Waals surface area (Å²) in [5, 5.41) is 4.89. The van der Waals surface area contributed by atoms with Gasteiger partial charge in [0.15, 0.2) is 6.29 Å². The normalized spacial score (nSPS) is 17.5. The Balaban J connectivity index is 1.80. The fourth-order valence-corrected chi connectivity index (χ4v) is 4.69. The van der Waals surface area contributed by atoms with Gasteiger partial charge in [0, 0.05) is 7.11 Å². The van der Waals surface area contributed by atoms with Gasteiger partial charge in [-0.1, -0.05) is 36.4 Å². The Bertz CT molecular complexity index is 1320. The quantitative estimate of drug-likeness (QED) is 0.277. The largest absolute Gasteiger partial charge is 0.496 e. The van der Waals surface area contributed by atoms with E-state index in [1.165, 1.54) is 0 Å². The Hall–Kier alpha value is -3.62. The van der Waals surface area contributed by atoms with Crippen LogP contribution in [0.5, 0.6) is 11.5 Å². The van der Waals surface area contributed by atoms with Crippen molar-refractivity contribution in [3.63, 3.8) is 0 Å². The summed E-state index contributed by atoms with van der Waals surface area (Å²) in [5.74, 6) is 0.167. The maximum absolute atomic E-state index is 12.7. The van der Waals surface area contributed by atoms with Crippen molar-refractivity contribution < 1.29 is 33.3 Å². The van der Waals surface area contributed by atoms with Gasteiger partial charge in [-0.3, -0.25) is 4.79 Å². The van der Waals surface area contributed by atoms with Crippen molar-refractivity contribution in [1.29, 1.82) is 0 Å². The maximum Gasteiger partial charge on any atom is 0.408 e. The number of methoxy groups -OCH3 is 2. The number of epoxide rings is 1. The molecule has 1 aliphatic heterocycles. The summed E-state index contributed by atoms with van der Waals surface area (Å²) in [6.45, 7) is 8.09. The number of aldehydes is 1. The van der Waals surface area contributed by atoms with E-state index in [0.29, 0.717) is 42.3 Å². The lowest BCUT2D eigenvalue weighted by Crippen LogP contribution is -2.49. The van der Waals surface area contributed by atoms with Crippen LogP contribution in [0.3, 0.4) is 0 Å². The second-order valence-electron chi connectivity index (χ2n) is 10.1. The van der Waals surface area contributed by atoms with E-state index in [0.717, 1.165) is 28.2 Å². The van der Waals surface area contributed by atoms with Gasteiger partial charge in [-0.25, -0.2) is 4.79 Å². The summed E-state index contributed by atoms with van der Waals surface area (Å²) >= 11 is 0. The first kappa shape index (κ1) is 27.4. The molecule has 1 saturated heterocycles. The molecule has 0 aliphatic carbocycles. The molecule has 0 bridgehead atoms. The van der Waals surface area contributed by atoms with E-state index < -0.39 is 23.5 Å². The van der Waals surface area contributed by atoms with Crippen LogP contribution in [0.4, 0.5) is 4.79 Å². The fraction of sp³-hybridized carbons (Fsp3) is 0.400. The Morgan fingerprint density at radius 1 is 1.11 bits per heavy atom. The minimum Gasteiger partial charge on any atom is -0.496 e. The first-order chi connectivity index (χ1) is 18.2. The average Bonchev–Trinajstić information content (AvgIpc) is 3.68. The number of rotatable bonds is 10. The molecule has 0 radical (unpaired) electrons. The lowest BCUT2D eigenvalue weighted by atomic mass is 9.91. The lowest BCUT2D eigenvalue weighted by molar-refractivity contribution is -0.0411. The van der Waals surface area contributed by atoms with Crippen molar-refractivity contribution in [3.05, 3.63) is 59.7 Å². The Labute approximate surface area is 223 Å². The first-order valence-corrected chi connectivity index (χ1v) is 12.6. The minimum atomic E-state index is -0.916. The highest BCUT2D eigenvalue weighted by Gasteiger charge is 2.53. The molecule has 0 spiro atoms. The highest BCUT2D eigenvalue weighted by Crippen LogP contribution is 2.44. The number of fused-ring (bicyclic) bond motifs is 1. The van der Waals surface area contributed by atoms with E-state index in [-0.39, 0.29) is 0 Å². The van der Waals surface area contributed by atoms with Crippen LogP contribution in [-0.2, 0) is 20.6 Å². The van der Waals surface area contributed by atoms with Crippen LogP contribution in [0.2, 0.25) is 0 Å². The third-order valence-corrected chi connectivity index (χ3v) is 6.49. The van der Waals surface area contributed by atoms with Crippen LogP contribution in [-0.4, -0.2) is 57.2 Å². The second kappa shape index (κ2) is 11.0. The topological polar surface area (TPSA) is 95.6 Å². The van der Waals surface area contributed by atoms with Crippen LogP contribution in [0.1, 0.15) is 43.6 Å². The molecule has 1 heterocycles. The summed E-state index contributed by atoms with van der Waals surface area (Å²) in [4.78, 5) is 24.5. The number of carbonyl (C=O) groups excluding carboxylic acids is 2. The molecule has 8 heteroatoms. The van der Waals surface area contributed by atoms with Crippen molar-refractivity contribution in [3.8, 4) is 22.6 Å². The van der Waals surface area contributed by atoms with Crippen molar-refractivity contribution in [2.45, 2.75) is 51.5 Å². The summed E-state index contributed by atoms with van der Waals surface area (Å²) < 4.78 is 28.5. The molecule has 2 atom stereocenters. The van der Waals surface area contributed by atoms with Gasteiger partial charge in [0.2, 0.25) is 5.79 Å². The maximum atomic E-state index is 12.7. The molecule has 202 valence electrons. The SMILES string of the molecule is CCOc1c(C=O)ccc(OC)c1-c1cccc2c(C[C@H](NC(=O)OC(C)(C)C)C3(OC)CO3)cccc12. The van der Waals surface area contributed by atoms with Gasteiger partial charge < -0.3 is 29.0 Å². The molecule has 4 rings (SSSR count).